The molecule has 0 aliphatic rings. The van der Waals surface area contributed by atoms with E-state index >= 15 is 0 Å². The van der Waals surface area contributed by atoms with Gasteiger partial charge in [0.15, 0.2) is 0 Å². The standard InChI is InChI=1S/C30H35ClFN3O4S/c1-5-22(4)33-30(37)27(6-2)34(19-23-11-15-25(32)16-12-23)29(36)20-35(28-10-8-7-9-21(28)3)40(38,39)26-17-13-24(31)14-18-26/h7-18,22,27H,5-6,19-20H2,1-4H3,(H,33,37)/t22-,27+/m0/s1. The van der Waals surface area contributed by atoms with Gasteiger partial charge in [-0.3, -0.25) is 13.9 Å². The van der Waals surface area contributed by atoms with E-state index in [1.54, 1.807) is 50.2 Å². The van der Waals surface area contributed by atoms with Crippen LogP contribution in [-0.2, 0) is 26.2 Å². The zero-order chi connectivity index (χ0) is 29.4. The molecule has 0 bridgehead atoms. The SMILES string of the molecule is CC[C@H](C(=O)N[C@@H](C)CC)N(Cc1ccc(F)cc1)C(=O)CN(c1ccccc1C)S(=O)(=O)c1ccc(Cl)cc1. The number of carbonyl (C=O) groups is 2. The monoisotopic (exact) mass is 587 g/mol. The molecular weight excluding hydrogens is 553 g/mol. The number of halogens is 2. The Morgan fingerprint density at radius 3 is 2.15 bits per heavy atom. The molecule has 0 saturated carbocycles. The van der Waals surface area contributed by atoms with Crippen LogP contribution in [-0.4, -0.2) is 43.8 Å². The number of aryl methyl sites for hydroxylation is 1. The predicted octanol–water partition coefficient (Wildman–Crippen LogP) is 5.70. The summed E-state index contributed by atoms with van der Waals surface area (Å²) in [5, 5.41) is 3.31. The van der Waals surface area contributed by atoms with E-state index in [2.05, 4.69) is 5.32 Å². The van der Waals surface area contributed by atoms with Crippen LogP contribution in [0.15, 0.2) is 77.7 Å². The van der Waals surface area contributed by atoms with E-state index in [1.165, 1.54) is 41.3 Å². The normalized spacial score (nSPS) is 12.8. The molecule has 0 aliphatic carbocycles. The second-order valence-corrected chi connectivity index (χ2v) is 11.9. The third-order valence-electron chi connectivity index (χ3n) is 6.72. The first-order valence-corrected chi connectivity index (χ1v) is 15.0. The zero-order valence-electron chi connectivity index (χ0n) is 23.1. The number of hydrogen-bond donors (Lipinski definition) is 1. The summed E-state index contributed by atoms with van der Waals surface area (Å²) < 4.78 is 42.5. The summed E-state index contributed by atoms with van der Waals surface area (Å²) in [6, 6.07) is 17.2. The molecular formula is C30H35ClFN3O4S. The lowest BCUT2D eigenvalue weighted by atomic mass is 10.1. The van der Waals surface area contributed by atoms with Crippen LogP contribution >= 0.6 is 11.6 Å². The van der Waals surface area contributed by atoms with Gasteiger partial charge in [-0.1, -0.05) is 55.8 Å². The second-order valence-electron chi connectivity index (χ2n) is 9.64. The Hall–Kier alpha value is -3.43. The van der Waals surface area contributed by atoms with Gasteiger partial charge in [0, 0.05) is 17.6 Å². The fourth-order valence-corrected chi connectivity index (χ4v) is 5.84. The molecule has 3 rings (SSSR count). The molecule has 7 nitrogen and oxygen atoms in total. The number of sulfonamides is 1. The molecule has 0 spiro atoms. The molecule has 1 N–H and O–H groups in total. The van der Waals surface area contributed by atoms with E-state index in [4.69, 9.17) is 11.6 Å². The minimum absolute atomic E-state index is 0.00580. The molecule has 0 heterocycles. The van der Waals surface area contributed by atoms with Crippen molar-refractivity contribution >= 4 is 39.1 Å². The van der Waals surface area contributed by atoms with Crippen molar-refractivity contribution in [2.24, 2.45) is 0 Å². The molecule has 0 aromatic heterocycles. The highest BCUT2D eigenvalue weighted by molar-refractivity contribution is 7.92. The molecule has 2 amide bonds. The molecule has 10 heteroatoms. The highest BCUT2D eigenvalue weighted by Gasteiger charge is 2.34. The summed E-state index contributed by atoms with van der Waals surface area (Å²) >= 11 is 5.99. The van der Waals surface area contributed by atoms with E-state index in [0.717, 1.165) is 4.31 Å². The minimum Gasteiger partial charge on any atom is -0.352 e. The average molecular weight is 588 g/mol. The van der Waals surface area contributed by atoms with Crippen LogP contribution < -0.4 is 9.62 Å². The largest absolute Gasteiger partial charge is 0.352 e. The van der Waals surface area contributed by atoms with Crippen LogP contribution in [0, 0.1) is 12.7 Å². The van der Waals surface area contributed by atoms with Crippen molar-refractivity contribution in [2.75, 3.05) is 10.8 Å². The van der Waals surface area contributed by atoms with E-state index < -0.39 is 34.3 Å². The van der Waals surface area contributed by atoms with Crippen LogP contribution in [0.4, 0.5) is 10.1 Å². The summed E-state index contributed by atoms with van der Waals surface area (Å²) in [5.74, 6) is -1.34. The van der Waals surface area contributed by atoms with Crippen LogP contribution in [0.2, 0.25) is 5.02 Å². The Morgan fingerprint density at radius 2 is 1.57 bits per heavy atom. The molecule has 2 atom stereocenters. The Labute approximate surface area is 241 Å². The molecule has 0 radical (unpaired) electrons. The molecule has 0 saturated heterocycles. The summed E-state index contributed by atoms with van der Waals surface area (Å²) in [7, 11) is -4.20. The summed E-state index contributed by atoms with van der Waals surface area (Å²) in [6.45, 7) is 6.80. The van der Waals surface area contributed by atoms with Gasteiger partial charge in [0.1, 0.15) is 18.4 Å². The second kappa shape index (κ2) is 13.8. The van der Waals surface area contributed by atoms with Gasteiger partial charge in [0.2, 0.25) is 11.8 Å². The maximum Gasteiger partial charge on any atom is 0.264 e. The first kappa shape index (κ1) is 31.1. The van der Waals surface area contributed by atoms with E-state index in [9.17, 15) is 22.4 Å². The number of anilines is 1. The highest BCUT2D eigenvalue weighted by atomic mass is 35.5. The van der Waals surface area contributed by atoms with E-state index in [1.807, 2.05) is 13.8 Å². The fraction of sp³-hybridized carbons (Fsp3) is 0.333. The molecule has 0 fully saturated rings. The number of rotatable bonds is 12. The number of para-hydroxylation sites is 1. The van der Waals surface area contributed by atoms with Gasteiger partial charge in [-0.2, -0.15) is 0 Å². The Morgan fingerprint density at radius 1 is 0.950 bits per heavy atom. The number of nitrogens with zero attached hydrogens (tertiary/aromatic N) is 2. The lowest BCUT2D eigenvalue weighted by Crippen LogP contribution is -2.53. The first-order chi connectivity index (χ1) is 19.0. The topological polar surface area (TPSA) is 86.8 Å². The van der Waals surface area contributed by atoms with Gasteiger partial charge in [0.25, 0.3) is 10.0 Å². The zero-order valence-corrected chi connectivity index (χ0v) is 24.7. The Bertz CT molecular complexity index is 1420. The van der Waals surface area contributed by atoms with Gasteiger partial charge in [-0.05, 0) is 80.3 Å². The summed E-state index contributed by atoms with van der Waals surface area (Å²) in [6.07, 6.45) is 0.998. The number of nitrogens with one attached hydrogen (secondary N) is 1. The van der Waals surface area contributed by atoms with Crippen LogP contribution in [0.5, 0.6) is 0 Å². The molecule has 3 aromatic rings. The molecule has 3 aromatic carbocycles. The smallest absolute Gasteiger partial charge is 0.264 e. The van der Waals surface area contributed by atoms with E-state index in [-0.39, 0.29) is 23.4 Å². The predicted molar refractivity (Wildman–Crippen MR) is 156 cm³/mol. The number of hydrogen-bond acceptors (Lipinski definition) is 4. The van der Waals surface area contributed by atoms with Crippen molar-refractivity contribution in [1.29, 1.82) is 0 Å². The van der Waals surface area contributed by atoms with Gasteiger partial charge in [0.05, 0.1) is 10.6 Å². The lowest BCUT2D eigenvalue weighted by Gasteiger charge is -2.34. The Kier molecular flexibility index (Phi) is 10.7. The van der Waals surface area contributed by atoms with Crippen molar-refractivity contribution < 1.29 is 22.4 Å². The summed E-state index contributed by atoms with van der Waals surface area (Å²) in [5.41, 5.74) is 1.59. The lowest BCUT2D eigenvalue weighted by molar-refractivity contribution is -0.140. The number of carbonyl (C=O) groups excluding carboxylic acids is 2. The quantitative estimate of drug-likeness (QED) is 0.294. The van der Waals surface area contributed by atoms with Gasteiger partial charge in [-0.25, -0.2) is 12.8 Å². The Balaban J connectivity index is 2.06. The van der Waals surface area contributed by atoms with Gasteiger partial charge in [-0.15, -0.1) is 0 Å². The van der Waals surface area contributed by atoms with Crippen LogP contribution in [0.1, 0.15) is 44.7 Å². The van der Waals surface area contributed by atoms with Crippen molar-refractivity contribution in [3.05, 3.63) is 94.8 Å². The maximum absolute atomic E-state index is 14.0. The summed E-state index contributed by atoms with van der Waals surface area (Å²) in [4.78, 5) is 28.7. The van der Waals surface area contributed by atoms with Crippen molar-refractivity contribution in [1.82, 2.24) is 10.2 Å². The maximum atomic E-state index is 14.0. The first-order valence-electron chi connectivity index (χ1n) is 13.2. The average Bonchev–Trinajstić information content (AvgIpc) is 2.93. The third-order valence-corrected chi connectivity index (χ3v) is 8.74. The molecule has 0 aliphatic heterocycles. The van der Waals surface area contributed by atoms with Crippen molar-refractivity contribution in [3.63, 3.8) is 0 Å². The van der Waals surface area contributed by atoms with E-state index in [0.29, 0.717) is 34.7 Å². The molecule has 40 heavy (non-hydrogen) atoms. The van der Waals surface area contributed by atoms with Crippen LogP contribution in [0.3, 0.4) is 0 Å². The van der Waals surface area contributed by atoms with Gasteiger partial charge < -0.3 is 10.2 Å². The van der Waals surface area contributed by atoms with Crippen LogP contribution in [0.25, 0.3) is 0 Å². The van der Waals surface area contributed by atoms with Crippen molar-refractivity contribution in [2.45, 2.75) is 64.1 Å². The van der Waals surface area contributed by atoms with Gasteiger partial charge >= 0.3 is 0 Å². The third kappa shape index (κ3) is 7.61. The number of benzene rings is 3. The number of amides is 2. The molecule has 0 unspecified atom stereocenters. The van der Waals surface area contributed by atoms with Crippen molar-refractivity contribution in [3.8, 4) is 0 Å². The fourth-order valence-electron chi connectivity index (χ4n) is 4.24. The molecule has 214 valence electrons. The minimum atomic E-state index is -4.20. The highest BCUT2D eigenvalue weighted by Crippen LogP contribution is 2.28.